The van der Waals surface area contributed by atoms with E-state index < -0.39 is 24.9 Å². The number of fused-ring (bicyclic) bond motifs is 2. The van der Waals surface area contributed by atoms with Gasteiger partial charge in [-0.15, -0.1) is 0 Å². The number of nitrogens with zero attached hydrogens (tertiary/aromatic N) is 3. The van der Waals surface area contributed by atoms with Crippen LogP contribution in [-0.2, 0) is 22.7 Å². The number of aromatic nitrogens is 3. The normalized spacial score (nSPS) is 11.6. The highest BCUT2D eigenvalue weighted by Crippen LogP contribution is 2.23. The van der Waals surface area contributed by atoms with Crippen molar-refractivity contribution < 1.29 is 22.7 Å². The summed E-state index contributed by atoms with van der Waals surface area (Å²) in [4.78, 5) is 28.2. The average molecular weight is 422 g/mol. The number of carbonyl (C=O) groups is 1. The van der Waals surface area contributed by atoms with Gasteiger partial charge < -0.3 is 9.15 Å². The summed E-state index contributed by atoms with van der Waals surface area (Å²) in [6, 6.07) is 11.1. The Morgan fingerprint density at radius 3 is 2.79 bits per heavy atom. The quantitative estimate of drug-likeness (QED) is 0.437. The largest absolute Gasteiger partial charge is 0.457 e. The number of alkyl halides is 2. The van der Waals surface area contributed by atoms with Crippen LogP contribution in [0.4, 0.5) is 8.78 Å². The Hall–Kier alpha value is -3.20. The van der Waals surface area contributed by atoms with Crippen molar-refractivity contribution in [2.24, 2.45) is 0 Å². The molecule has 0 amide bonds. The Balaban J connectivity index is 1.45. The highest BCUT2D eigenvalue weighted by Gasteiger charge is 2.19. The van der Waals surface area contributed by atoms with Crippen molar-refractivity contribution in [2.45, 2.75) is 26.1 Å². The number of benzene rings is 2. The molecule has 0 saturated carbocycles. The molecule has 2 heterocycles. The lowest BCUT2D eigenvalue weighted by Gasteiger charge is -2.08. The van der Waals surface area contributed by atoms with Gasteiger partial charge in [-0.2, -0.15) is 8.78 Å². The number of hydrogen-bond donors (Lipinski definition) is 0. The molecule has 7 nitrogen and oxygen atoms in total. The van der Waals surface area contributed by atoms with Crippen LogP contribution >= 0.6 is 11.6 Å². The zero-order valence-electron chi connectivity index (χ0n) is 14.8. The first-order valence-corrected chi connectivity index (χ1v) is 9.00. The van der Waals surface area contributed by atoms with Crippen LogP contribution in [0.25, 0.3) is 22.1 Å². The van der Waals surface area contributed by atoms with Crippen LogP contribution in [0.2, 0.25) is 5.02 Å². The average Bonchev–Trinajstić information content (AvgIpc) is 3.20. The SMILES string of the molecule is O=C(CCn1c(=O)oc2cc(Cl)ccc21)OCc1nc2ccccc2n1C(F)F. The van der Waals surface area contributed by atoms with Gasteiger partial charge in [-0.05, 0) is 24.3 Å². The Bertz CT molecular complexity index is 1260. The van der Waals surface area contributed by atoms with Crippen molar-refractivity contribution in [1.29, 1.82) is 0 Å². The molecule has 0 radical (unpaired) electrons. The molecule has 0 aliphatic carbocycles. The fourth-order valence-corrected chi connectivity index (χ4v) is 3.25. The molecule has 4 aromatic rings. The Labute approximate surface area is 167 Å². The van der Waals surface area contributed by atoms with Crippen LogP contribution in [0.15, 0.2) is 51.7 Å². The van der Waals surface area contributed by atoms with E-state index in [0.29, 0.717) is 21.6 Å². The molecule has 4 rings (SSSR count). The van der Waals surface area contributed by atoms with E-state index in [9.17, 15) is 18.4 Å². The molecule has 29 heavy (non-hydrogen) atoms. The Morgan fingerprint density at radius 2 is 2.00 bits per heavy atom. The van der Waals surface area contributed by atoms with Crippen molar-refractivity contribution in [2.75, 3.05) is 0 Å². The van der Waals surface area contributed by atoms with Crippen LogP contribution in [0.3, 0.4) is 0 Å². The Morgan fingerprint density at radius 1 is 1.21 bits per heavy atom. The van der Waals surface area contributed by atoms with E-state index >= 15 is 0 Å². The summed E-state index contributed by atoms with van der Waals surface area (Å²) in [6.45, 7) is -3.22. The summed E-state index contributed by atoms with van der Waals surface area (Å²) < 4.78 is 39.0. The van der Waals surface area contributed by atoms with Gasteiger partial charge in [0.25, 0.3) is 0 Å². The second-order valence-electron chi connectivity index (χ2n) is 6.21. The summed E-state index contributed by atoms with van der Waals surface area (Å²) in [7, 11) is 0. The molecule has 2 aromatic heterocycles. The van der Waals surface area contributed by atoms with Gasteiger partial charge in [0.05, 0.1) is 23.0 Å². The van der Waals surface area contributed by atoms with E-state index in [2.05, 4.69) is 4.98 Å². The molecule has 0 saturated heterocycles. The fraction of sp³-hybridized carbons (Fsp3) is 0.211. The Kier molecular flexibility index (Phi) is 5.06. The highest BCUT2D eigenvalue weighted by molar-refractivity contribution is 6.31. The van der Waals surface area contributed by atoms with Gasteiger partial charge >= 0.3 is 18.3 Å². The predicted octanol–water partition coefficient (Wildman–Crippen LogP) is 4.13. The number of hydrogen-bond acceptors (Lipinski definition) is 5. The standard InChI is InChI=1S/C19H14ClF2N3O4/c20-11-5-6-14-15(9-11)29-19(27)24(14)8-7-17(26)28-10-16-23-12-3-1-2-4-13(12)25(16)18(21)22/h1-6,9,18H,7-8,10H2. The van der Waals surface area contributed by atoms with Gasteiger partial charge in [0, 0.05) is 17.6 Å². The molecule has 0 atom stereocenters. The summed E-state index contributed by atoms with van der Waals surface area (Å²) in [5.74, 6) is -1.35. The molecule has 10 heteroatoms. The van der Waals surface area contributed by atoms with E-state index in [1.165, 1.54) is 16.7 Å². The first-order valence-electron chi connectivity index (χ1n) is 8.62. The lowest BCUT2D eigenvalue weighted by Crippen LogP contribution is -2.18. The third kappa shape index (κ3) is 3.73. The molecule has 0 aliphatic rings. The molecule has 0 bridgehead atoms. The molecular weight excluding hydrogens is 408 g/mol. The van der Waals surface area contributed by atoms with Crippen LogP contribution in [-0.4, -0.2) is 20.1 Å². The predicted molar refractivity (Wildman–Crippen MR) is 101 cm³/mol. The maximum Gasteiger partial charge on any atom is 0.419 e. The third-order valence-electron chi connectivity index (χ3n) is 4.40. The summed E-state index contributed by atoms with van der Waals surface area (Å²) >= 11 is 5.86. The number of aryl methyl sites for hydroxylation is 1. The van der Waals surface area contributed by atoms with Gasteiger partial charge in [-0.1, -0.05) is 23.7 Å². The molecule has 0 spiro atoms. The van der Waals surface area contributed by atoms with Crippen molar-refractivity contribution in [1.82, 2.24) is 14.1 Å². The molecule has 0 fully saturated rings. The van der Waals surface area contributed by atoms with Crippen molar-refractivity contribution in [3.8, 4) is 0 Å². The fourth-order valence-electron chi connectivity index (χ4n) is 3.09. The van der Waals surface area contributed by atoms with Crippen LogP contribution in [0.5, 0.6) is 0 Å². The minimum atomic E-state index is -2.82. The van der Waals surface area contributed by atoms with E-state index in [0.717, 1.165) is 4.57 Å². The molecule has 0 unspecified atom stereocenters. The summed E-state index contributed by atoms with van der Waals surface area (Å²) in [5.41, 5.74) is 1.44. The number of esters is 1. The van der Waals surface area contributed by atoms with E-state index in [-0.39, 0.29) is 24.3 Å². The first kappa shape index (κ1) is 19.1. The highest BCUT2D eigenvalue weighted by atomic mass is 35.5. The maximum atomic E-state index is 13.4. The second kappa shape index (κ2) is 7.67. The van der Waals surface area contributed by atoms with Gasteiger partial charge in [0.1, 0.15) is 6.61 Å². The number of oxazole rings is 1. The third-order valence-corrected chi connectivity index (χ3v) is 4.63. The van der Waals surface area contributed by atoms with Gasteiger partial charge in [0.15, 0.2) is 11.4 Å². The zero-order chi connectivity index (χ0) is 20.5. The number of para-hydroxylation sites is 2. The molecule has 150 valence electrons. The van der Waals surface area contributed by atoms with Crippen LogP contribution < -0.4 is 5.76 Å². The van der Waals surface area contributed by atoms with Gasteiger partial charge in [0.2, 0.25) is 0 Å². The first-order chi connectivity index (χ1) is 13.9. The van der Waals surface area contributed by atoms with E-state index in [1.807, 2.05) is 0 Å². The number of carbonyl (C=O) groups excluding carboxylic acids is 1. The van der Waals surface area contributed by atoms with Gasteiger partial charge in [-0.25, -0.2) is 9.78 Å². The van der Waals surface area contributed by atoms with E-state index in [4.69, 9.17) is 20.8 Å². The summed E-state index contributed by atoms with van der Waals surface area (Å²) in [5, 5.41) is 0.416. The van der Waals surface area contributed by atoms with Crippen LogP contribution in [0.1, 0.15) is 18.8 Å². The molecule has 0 N–H and O–H groups in total. The number of ether oxygens (including phenoxy) is 1. The molecular formula is C19H14ClF2N3O4. The molecule has 0 aliphatic heterocycles. The number of imidazole rings is 1. The maximum absolute atomic E-state index is 13.4. The summed E-state index contributed by atoms with van der Waals surface area (Å²) in [6.07, 6.45) is -0.147. The van der Waals surface area contributed by atoms with Crippen molar-refractivity contribution in [3.05, 3.63) is 63.9 Å². The smallest absolute Gasteiger partial charge is 0.419 e. The minimum absolute atomic E-state index is 0.0115. The van der Waals surface area contributed by atoms with E-state index in [1.54, 1.807) is 30.3 Å². The number of halogens is 3. The number of rotatable bonds is 6. The topological polar surface area (TPSA) is 79.3 Å². The molecule has 2 aromatic carbocycles. The monoisotopic (exact) mass is 421 g/mol. The lowest BCUT2D eigenvalue weighted by atomic mass is 10.3. The minimum Gasteiger partial charge on any atom is -0.457 e. The van der Waals surface area contributed by atoms with Gasteiger partial charge in [-0.3, -0.25) is 13.9 Å². The van der Waals surface area contributed by atoms with Crippen molar-refractivity contribution >= 4 is 39.7 Å². The second-order valence-corrected chi connectivity index (χ2v) is 6.64. The van der Waals surface area contributed by atoms with Crippen LogP contribution in [0, 0.1) is 0 Å². The van der Waals surface area contributed by atoms with Crippen molar-refractivity contribution in [3.63, 3.8) is 0 Å². The lowest BCUT2D eigenvalue weighted by molar-refractivity contribution is -0.145. The zero-order valence-corrected chi connectivity index (χ0v) is 15.6.